The summed E-state index contributed by atoms with van der Waals surface area (Å²) < 4.78 is 7.20. The first kappa shape index (κ1) is 9.85. The van der Waals surface area contributed by atoms with Crippen molar-refractivity contribution in [3.8, 4) is 6.01 Å². The molecule has 0 aliphatic rings. The Kier molecular flexibility index (Phi) is 2.51. The van der Waals surface area contributed by atoms with E-state index in [2.05, 4.69) is 15.2 Å². The van der Waals surface area contributed by atoms with Gasteiger partial charge in [-0.05, 0) is 20.4 Å². The molecule has 0 saturated carbocycles. The Morgan fingerprint density at radius 1 is 1.40 bits per heavy atom. The first-order chi connectivity index (χ1) is 7.22. The van der Waals surface area contributed by atoms with Crippen LogP contribution in [-0.4, -0.2) is 26.3 Å². The van der Waals surface area contributed by atoms with Crippen molar-refractivity contribution >= 4 is 0 Å². The van der Waals surface area contributed by atoms with Crippen LogP contribution in [0.3, 0.4) is 0 Å². The lowest BCUT2D eigenvalue weighted by atomic mass is 10.4. The zero-order valence-electron chi connectivity index (χ0n) is 8.77. The average molecular weight is 207 g/mol. The topological polar surface area (TPSA) is 82.8 Å². The second-order valence-electron chi connectivity index (χ2n) is 3.29. The maximum Gasteiger partial charge on any atom is 0.308 e. The fourth-order valence-electron chi connectivity index (χ4n) is 1.39. The summed E-state index contributed by atoms with van der Waals surface area (Å²) in [5.41, 5.74) is 5.49. The van der Waals surface area contributed by atoms with Crippen molar-refractivity contribution in [2.45, 2.75) is 20.3 Å². The number of rotatable bonds is 3. The summed E-state index contributed by atoms with van der Waals surface area (Å²) in [6.45, 7) is 4.23. The lowest BCUT2D eigenvalue weighted by Crippen LogP contribution is -2.09. The van der Waals surface area contributed by atoms with Crippen LogP contribution in [0, 0.1) is 13.8 Å². The van der Waals surface area contributed by atoms with Crippen molar-refractivity contribution in [3.05, 3.63) is 23.6 Å². The second kappa shape index (κ2) is 3.82. The first-order valence-corrected chi connectivity index (χ1v) is 4.76. The van der Waals surface area contributed by atoms with E-state index >= 15 is 0 Å². The van der Waals surface area contributed by atoms with Gasteiger partial charge in [-0.25, -0.2) is 9.55 Å². The summed E-state index contributed by atoms with van der Waals surface area (Å²) in [6.07, 6.45) is 2.32. The molecular formula is C9H13N5O. The fraction of sp³-hybridized carbons (Fsp3) is 0.444. The van der Waals surface area contributed by atoms with Gasteiger partial charge in [0.05, 0.1) is 6.20 Å². The summed E-state index contributed by atoms with van der Waals surface area (Å²) in [5, 5.41) is 8.00. The van der Waals surface area contributed by atoms with Gasteiger partial charge in [0.25, 0.3) is 0 Å². The predicted molar refractivity (Wildman–Crippen MR) is 53.7 cm³/mol. The van der Waals surface area contributed by atoms with E-state index < -0.39 is 0 Å². The fourth-order valence-corrected chi connectivity index (χ4v) is 1.39. The Labute approximate surface area is 87.1 Å². The van der Waals surface area contributed by atoms with Crippen LogP contribution in [0.2, 0.25) is 0 Å². The monoisotopic (exact) mass is 207 g/mol. The van der Waals surface area contributed by atoms with Gasteiger partial charge in [-0.1, -0.05) is 0 Å². The molecule has 2 rings (SSSR count). The molecule has 0 atom stereocenters. The highest BCUT2D eigenvalue weighted by molar-refractivity contribution is 5.15. The van der Waals surface area contributed by atoms with E-state index in [4.69, 9.17) is 10.2 Å². The van der Waals surface area contributed by atoms with Crippen molar-refractivity contribution in [3.63, 3.8) is 0 Å². The molecule has 6 nitrogen and oxygen atoms in total. The van der Waals surface area contributed by atoms with E-state index in [9.17, 15) is 0 Å². The van der Waals surface area contributed by atoms with Crippen molar-refractivity contribution in [2.75, 3.05) is 6.54 Å². The molecule has 0 spiro atoms. The summed E-state index contributed by atoms with van der Waals surface area (Å²) >= 11 is 0. The molecule has 80 valence electrons. The number of oxazole rings is 1. The normalized spacial score (nSPS) is 10.9. The highest BCUT2D eigenvalue weighted by Crippen LogP contribution is 2.12. The van der Waals surface area contributed by atoms with E-state index in [0.29, 0.717) is 19.0 Å². The van der Waals surface area contributed by atoms with Gasteiger partial charge in [0.2, 0.25) is 0 Å². The quantitative estimate of drug-likeness (QED) is 0.786. The Bertz CT molecular complexity index is 459. The van der Waals surface area contributed by atoms with E-state index in [1.54, 1.807) is 10.8 Å². The molecular weight excluding hydrogens is 194 g/mol. The molecule has 0 aliphatic carbocycles. The number of hydrogen-bond acceptors (Lipinski definition) is 5. The van der Waals surface area contributed by atoms with Gasteiger partial charge in [-0.15, -0.1) is 10.2 Å². The van der Waals surface area contributed by atoms with Gasteiger partial charge in [-0.3, -0.25) is 0 Å². The van der Waals surface area contributed by atoms with E-state index in [1.807, 2.05) is 13.8 Å². The number of aryl methyl sites for hydroxylation is 2. The molecule has 2 aromatic heterocycles. The maximum absolute atomic E-state index is 5.49. The van der Waals surface area contributed by atoms with Gasteiger partial charge in [0.1, 0.15) is 17.4 Å². The molecule has 0 unspecified atom stereocenters. The standard InChI is InChI=1S/C9H13N5O/c1-6-5-11-9(15-6)14-7(2)12-13-8(14)3-4-10/h5H,3-4,10H2,1-2H3. The predicted octanol–water partition coefficient (Wildman–Crippen LogP) is 0.373. The molecule has 0 bridgehead atoms. The van der Waals surface area contributed by atoms with Gasteiger partial charge in [0, 0.05) is 6.42 Å². The summed E-state index contributed by atoms with van der Waals surface area (Å²) in [6, 6.07) is 0.499. The number of nitrogens with zero attached hydrogens (tertiary/aromatic N) is 4. The van der Waals surface area contributed by atoms with E-state index in [0.717, 1.165) is 17.4 Å². The van der Waals surface area contributed by atoms with E-state index in [1.165, 1.54) is 0 Å². The minimum absolute atomic E-state index is 0.499. The minimum Gasteiger partial charge on any atom is -0.428 e. The van der Waals surface area contributed by atoms with Gasteiger partial charge >= 0.3 is 6.01 Å². The number of aromatic nitrogens is 4. The number of hydrogen-bond donors (Lipinski definition) is 1. The Morgan fingerprint density at radius 2 is 2.20 bits per heavy atom. The van der Waals surface area contributed by atoms with Crippen LogP contribution in [0.1, 0.15) is 17.4 Å². The van der Waals surface area contributed by atoms with Crippen LogP contribution in [0.15, 0.2) is 10.6 Å². The third-order valence-electron chi connectivity index (χ3n) is 2.06. The largest absolute Gasteiger partial charge is 0.428 e. The van der Waals surface area contributed by atoms with Gasteiger partial charge in [-0.2, -0.15) is 0 Å². The third kappa shape index (κ3) is 1.75. The highest BCUT2D eigenvalue weighted by atomic mass is 16.4. The summed E-state index contributed by atoms with van der Waals surface area (Å²) in [5.74, 6) is 2.29. The smallest absolute Gasteiger partial charge is 0.308 e. The lowest BCUT2D eigenvalue weighted by Gasteiger charge is -2.01. The molecule has 0 amide bonds. The van der Waals surface area contributed by atoms with Crippen LogP contribution in [0.4, 0.5) is 0 Å². The molecule has 2 aromatic rings. The highest BCUT2D eigenvalue weighted by Gasteiger charge is 2.13. The van der Waals surface area contributed by atoms with Crippen LogP contribution >= 0.6 is 0 Å². The lowest BCUT2D eigenvalue weighted by molar-refractivity contribution is 0.492. The first-order valence-electron chi connectivity index (χ1n) is 4.76. The minimum atomic E-state index is 0.499. The molecule has 15 heavy (non-hydrogen) atoms. The molecule has 0 fully saturated rings. The Hall–Kier alpha value is -1.69. The SMILES string of the molecule is Cc1cnc(-n2c(C)nnc2CCN)o1. The molecule has 0 aliphatic heterocycles. The average Bonchev–Trinajstić information content (AvgIpc) is 2.74. The van der Waals surface area contributed by atoms with Crippen molar-refractivity contribution in [1.82, 2.24) is 19.7 Å². The van der Waals surface area contributed by atoms with Crippen LogP contribution in [0.5, 0.6) is 0 Å². The maximum atomic E-state index is 5.49. The number of nitrogens with two attached hydrogens (primary N) is 1. The molecule has 0 saturated heterocycles. The van der Waals surface area contributed by atoms with Crippen LogP contribution in [0.25, 0.3) is 6.01 Å². The summed E-state index contributed by atoms with van der Waals surface area (Å²) in [7, 11) is 0. The van der Waals surface area contributed by atoms with Crippen LogP contribution in [-0.2, 0) is 6.42 Å². The van der Waals surface area contributed by atoms with Crippen LogP contribution < -0.4 is 5.73 Å². The Morgan fingerprint density at radius 3 is 2.80 bits per heavy atom. The second-order valence-corrected chi connectivity index (χ2v) is 3.29. The van der Waals surface area contributed by atoms with Crippen molar-refractivity contribution in [2.24, 2.45) is 5.73 Å². The zero-order valence-corrected chi connectivity index (χ0v) is 8.77. The molecule has 0 radical (unpaired) electrons. The molecule has 0 aromatic carbocycles. The Balaban J connectivity index is 2.46. The van der Waals surface area contributed by atoms with Gasteiger partial charge < -0.3 is 10.2 Å². The molecule has 2 heterocycles. The zero-order chi connectivity index (χ0) is 10.8. The molecule has 6 heteroatoms. The van der Waals surface area contributed by atoms with Crippen molar-refractivity contribution in [1.29, 1.82) is 0 Å². The third-order valence-corrected chi connectivity index (χ3v) is 2.06. The van der Waals surface area contributed by atoms with Gasteiger partial charge in [0.15, 0.2) is 0 Å². The van der Waals surface area contributed by atoms with Crippen molar-refractivity contribution < 1.29 is 4.42 Å². The summed E-state index contributed by atoms with van der Waals surface area (Å²) in [4.78, 5) is 4.14. The molecule has 2 N–H and O–H groups in total. The van der Waals surface area contributed by atoms with E-state index in [-0.39, 0.29) is 0 Å².